The van der Waals surface area contributed by atoms with E-state index in [-0.39, 0.29) is 5.41 Å². The van der Waals surface area contributed by atoms with Gasteiger partial charge in [-0.2, -0.15) is 0 Å². The Balaban J connectivity index is 0.000000327. The minimum Gasteiger partial charge on any atom is -0.478 e. The SMILES string of the molecule is C/C=C(\C(C(=O)O)=C(/CCCC)NC)C1(C)CC1.C=Cc1ccc(NCCOC)cc1. The van der Waals surface area contributed by atoms with Gasteiger partial charge in [-0.1, -0.05) is 51.1 Å². The summed E-state index contributed by atoms with van der Waals surface area (Å²) in [5.41, 5.74) is 4.69. The highest BCUT2D eigenvalue weighted by Gasteiger charge is 2.43. The highest BCUT2D eigenvalue weighted by Crippen LogP contribution is 2.54. The molecule has 0 aromatic heterocycles. The zero-order valence-electron chi connectivity index (χ0n) is 19.9. The number of unbranched alkanes of at least 4 members (excludes halogenated alkanes) is 1. The second-order valence-electron chi connectivity index (χ2n) is 8.02. The normalized spacial score (nSPS) is 15.2. The number of anilines is 1. The number of hydrogen-bond acceptors (Lipinski definition) is 4. The van der Waals surface area contributed by atoms with Crippen molar-refractivity contribution >= 4 is 17.7 Å². The lowest BCUT2D eigenvalue weighted by Gasteiger charge is -2.19. The zero-order valence-corrected chi connectivity index (χ0v) is 19.9. The molecule has 0 aliphatic heterocycles. The summed E-state index contributed by atoms with van der Waals surface area (Å²) in [6.07, 6.45) is 8.88. The van der Waals surface area contributed by atoms with Gasteiger partial charge in [-0.3, -0.25) is 0 Å². The van der Waals surface area contributed by atoms with Crippen LogP contribution in [0.2, 0.25) is 0 Å². The van der Waals surface area contributed by atoms with Crippen molar-refractivity contribution in [2.75, 3.05) is 32.6 Å². The smallest absolute Gasteiger partial charge is 0.337 e. The molecule has 0 unspecified atom stereocenters. The van der Waals surface area contributed by atoms with Crippen molar-refractivity contribution in [2.45, 2.75) is 52.9 Å². The number of hydrogen-bond donors (Lipinski definition) is 3. The predicted molar refractivity (Wildman–Crippen MR) is 131 cm³/mol. The van der Waals surface area contributed by atoms with Crippen molar-refractivity contribution in [3.63, 3.8) is 0 Å². The molecule has 0 atom stereocenters. The highest BCUT2D eigenvalue weighted by molar-refractivity contribution is 5.93. The van der Waals surface area contributed by atoms with Gasteiger partial charge in [-0.05, 0) is 61.3 Å². The minimum atomic E-state index is -0.809. The van der Waals surface area contributed by atoms with Crippen LogP contribution >= 0.6 is 0 Å². The van der Waals surface area contributed by atoms with E-state index in [1.165, 1.54) is 0 Å². The molecular formula is C26H40N2O3. The summed E-state index contributed by atoms with van der Waals surface area (Å²) in [7, 11) is 3.51. The Bertz CT molecular complexity index is 759. The first-order valence-electron chi connectivity index (χ1n) is 11.1. The summed E-state index contributed by atoms with van der Waals surface area (Å²) in [5.74, 6) is -0.809. The molecular weight excluding hydrogens is 388 g/mol. The third-order valence-electron chi connectivity index (χ3n) is 5.59. The molecule has 3 N–H and O–H groups in total. The van der Waals surface area contributed by atoms with E-state index in [0.717, 1.165) is 67.8 Å². The van der Waals surface area contributed by atoms with Crippen LogP contribution in [-0.2, 0) is 9.53 Å². The molecule has 1 aliphatic rings. The molecule has 0 heterocycles. The van der Waals surface area contributed by atoms with Crippen LogP contribution in [0, 0.1) is 5.41 Å². The van der Waals surface area contributed by atoms with Gasteiger partial charge in [0.2, 0.25) is 0 Å². The summed E-state index contributed by atoms with van der Waals surface area (Å²) in [6, 6.07) is 8.13. The molecule has 5 nitrogen and oxygen atoms in total. The molecule has 1 aromatic rings. The lowest BCUT2D eigenvalue weighted by Crippen LogP contribution is -2.19. The van der Waals surface area contributed by atoms with E-state index < -0.39 is 5.97 Å². The standard InChI is InChI=1S/C15H25NO2.C11H15NO/c1-5-7-8-12(16-4)13(14(17)18)11(6-2)15(3)9-10-15;1-3-10-4-6-11(7-5-10)12-8-9-13-2/h6,16H,5,7-10H2,1-4H3,(H,17,18);3-7,12H,1,8-9H2,2H3/b11-6+,13-12-;. The Labute approximate surface area is 188 Å². The first-order valence-corrected chi connectivity index (χ1v) is 11.1. The van der Waals surface area contributed by atoms with E-state index in [2.05, 4.69) is 31.1 Å². The van der Waals surface area contributed by atoms with Crippen LogP contribution in [0.25, 0.3) is 6.08 Å². The van der Waals surface area contributed by atoms with Crippen molar-refractivity contribution in [3.8, 4) is 0 Å². The third-order valence-corrected chi connectivity index (χ3v) is 5.59. The van der Waals surface area contributed by atoms with Crippen LogP contribution in [0.1, 0.15) is 58.4 Å². The molecule has 0 spiro atoms. The van der Waals surface area contributed by atoms with Crippen LogP contribution in [0.4, 0.5) is 5.69 Å². The van der Waals surface area contributed by atoms with Crippen LogP contribution in [0.15, 0.2) is 53.8 Å². The Morgan fingerprint density at radius 1 is 1.29 bits per heavy atom. The van der Waals surface area contributed by atoms with E-state index in [0.29, 0.717) is 5.57 Å². The van der Waals surface area contributed by atoms with Crippen LogP contribution in [0.3, 0.4) is 0 Å². The number of ether oxygens (including phenoxy) is 1. The highest BCUT2D eigenvalue weighted by atomic mass is 16.5. The van der Waals surface area contributed by atoms with Crippen LogP contribution in [-0.4, -0.2) is 38.4 Å². The molecule has 0 saturated heterocycles. The molecule has 0 amide bonds. The quantitative estimate of drug-likeness (QED) is 0.221. The fourth-order valence-corrected chi connectivity index (χ4v) is 3.42. The van der Waals surface area contributed by atoms with E-state index in [4.69, 9.17) is 4.74 Å². The first kappa shape index (κ1) is 26.5. The van der Waals surface area contributed by atoms with Crippen molar-refractivity contribution in [2.24, 2.45) is 5.41 Å². The van der Waals surface area contributed by atoms with Gasteiger partial charge in [-0.25, -0.2) is 4.79 Å². The number of rotatable bonds is 12. The Morgan fingerprint density at radius 2 is 1.94 bits per heavy atom. The van der Waals surface area contributed by atoms with E-state index in [9.17, 15) is 9.90 Å². The minimum absolute atomic E-state index is 0.0801. The average Bonchev–Trinajstić information content (AvgIpc) is 3.52. The number of aliphatic carboxylic acids is 1. The van der Waals surface area contributed by atoms with E-state index in [1.54, 1.807) is 7.11 Å². The fourth-order valence-electron chi connectivity index (χ4n) is 3.42. The molecule has 31 heavy (non-hydrogen) atoms. The first-order chi connectivity index (χ1) is 14.9. The van der Waals surface area contributed by atoms with Crippen molar-refractivity contribution in [1.82, 2.24) is 5.32 Å². The van der Waals surface area contributed by atoms with Gasteiger partial charge in [0.15, 0.2) is 0 Å². The number of carboxylic acid groups (broad SMARTS) is 1. The number of benzene rings is 1. The van der Waals surface area contributed by atoms with Crippen molar-refractivity contribution < 1.29 is 14.6 Å². The fraction of sp³-hybridized carbons (Fsp3) is 0.500. The summed E-state index contributed by atoms with van der Waals surface area (Å²) < 4.78 is 4.93. The molecule has 5 heteroatoms. The van der Waals surface area contributed by atoms with Crippen molar-refractivity contribution in [3.05, 3.63) is 59.3 Å². The van der Waals surface area contributed by atoms with E-state index >= 15 is 0 Å². The van der Waals surface area contributed by atoms with Gasteiger partial charge in [0, 0.05) is 32.1 Å². The Morgan fingerprint density at radius 3 is 2.35 bits per heavy atom. The maximum atomic E-state index is 11.6. The van der Waals surface area contributed by atoms with Gasteiger partial charge in [0.1, 0.15) is 0 Å². The number of methoxy groups -OCH3 is 1. The Hall–Kier alpha value is -2.53. The number of carbonyl (C=O) groups is 1. The summed E-state index contributed by atoms with van der Waals surface area (Å²) >= 11 is 0. The monoisotopic (exact) mass is 428 g/mol. The number of nitrogens with one attached hydrogen (secondary N) is 2. The summed E-state index contributed by atoms with van der Waals surface area (Å²) in [5, 5.41) is 15.9. The van der Waals surface area contributed by atoms with Gasteiger partial charge in [0.25, 0.3) is 0 Å². The molecule has 1 saturated carbocycles. The van der Waals surface area contributed by atoms with Gasteiger partial charge < -0.3 is 20.5 Å². The molecule has 0 radical (unpaired) electrons. The lowest BCUT2D eigenvalue weighted by atomic mass is 9.88. The second-order valence-corrected chi connectivity index (χ2v) is 8.02. The number of carboxylic acids is 1. The molecule has 1 aliphatic carbocycles. The maximum Gasteiger partial charge on any atom is 0.337 e. The van der Waals surface area contributed by atoms with Crippen LogP contribution < -0.4 is 10.6 Å². The van der Waals surface area contributed by atoms with Gasteiger partial charge in [0.05, 0.1) is 12.2 Å². The van der Waals surface area contributed by atoms with Crippen molar-refractivity contribution in [1.29, 1.82) is 0 Å². The van der Waals surface area contributed by atoms with Gasteiger partial charge in [-0.15, -0.1) is 0 Å². The summed E-state index contributed by atoms with van der Waals surface area (Å²) in [4.78, 5) is 11.6. The second kappa shape index (κ2) is 13.7. The third kappa shape index (κ3) is 8.62. The molecule has 172 valence electrons. The largest absolute Gasteiger partial charge is 0.478 e. The maximum absolute atomic E-state index is 11.6. The Kier molecular flexibility index (Phi) is 11.7. The van der Waals surface area contributed by atoms with Gasteiger partial charge >= 0.3 is 5.97 Å². The predicted octanol–water partition coefficient (Wildman–Crippen LogP) is 5.87. The molecule has 1 aromatic carbocycles. The topological polar surface area (TPSA) is 70.6 Å². The average molecular weight is 429 g/mol. The molecule has 0 bridgehead atoms. The van der Waals surface area contributed by atoms with E-state index in [1.807, 2.05) is 50.4 Å². The number of allylic oxidation sites excluding steroid dienone is 2. The lowest BCUT2D eigenvalue weighted by molar-refractivity contribution is -0.132. The summed E-state index contributed by atoms with van der Waals surface area (Å²) in [6.45, 7) is 11.5. The zero-order chi connectivity index (χ0) is 23.3. The van der Waals surface area contributed by atoms with Crippen LogP contribution in [0.5, 0.6) is 0 Å². The molecule has 2 rings (SSSR count). The molecule has 1 fully saturated rings.